The summed E-state index contributed by atoms with van der Waals surface area (Å²) in [5.41, 5.74) is 6.22. The lowest BCUT2D eigenvalue weighted by Crippen LogP contribution is -2.30. The first-order chi connectivity index (χ1) is 9.29. The van der Waals surface area contributed by atoms with Crippen LogP contribution < -0.4 is 15.2 Å². The highest BCUT2D eigenvalue weighted by molar-refractivity contribution is 5.31. The van der Waals surface area contributed by atoms with Gasteiger partial charge in [0, 0.05) is 6.04 Å². The summed E-state index contributed by atoms with van der Waals surface area (Å²) in [6.45, 7) is 0.755. The molecule has 0 heterocycles. The summed E-state index contributed by atoms with van der Waals surface area (Å²) < 4.78 is 10.9. The Bertz CT molecular complexity index is 364. The highest BCUT2D eigenvalue weighted by atomic mass is 16.5. The van der Waals surface area contributed by atoms with Gasteiger partial charge in [0.15, 0.2) is 0 Å². The van der Waals surface area contributed by atoms with Gasteiger partial charge in [0.25, 0.3) is 0 Å². The SMILES string of the molecule is COc1ccc(OCCC2CCCCCC2N)cc1. The van der Waals surface area contributed by atoms with E-state index in [2.05, 4.69) is 0 Å². The van der Waals surface area contributed by atoms with Crippen molar-refractivity contribution >= 4 is 0 Å². The van der Waals surface area contributed by atoms with E-state index >= 15 is 0 Å². The van der Waals surface area contributed by atoms with Gasteiger partial charge >= 0.3 is 0 Å². The van der Waals surface area contributed by atoms with Crippen LogP contribution in [0.1, 0.15) is 38.5 Å². The van der Waals surface area contributed by atoms with Gasteiger partial charge in [-0.15, -0.1) is 0 Å². The number of nitrogens with two attached hydrogens (primary N) is 1. The zero-order valence-corrected chi connectivity index (χ0v) is 11.8. The van der Waals surface area contributed by atoms with E-state index in [1.165, 1.54) is 32.1 Å². The number of methoxy groups -OCH3 is 1. The predicted octanol–water partition coefficient (Wildman–Crippen LogP) is 3.37. The zero-order chi connectivity index (χ0) is 13.5. The van der Waals surface area contributed by atoms with Crippen molar-refractivity contribution < 1.29 is 9.47 Å². The Kier molecular flexibility index (Phi) is 5.52. The Morgan fingerprint density at radius 1 is 1.05 bits per heavy atom. The molecule has 1 aromatic carbocycles. The second-order valence-electron chi connectivity index (χ2n) is 5.37. The summed E-state index contributed by atoms with van der Waals surface area (Å²) in [7, 11) is 1.67. The molecular formula is C16H25NO2. The molecule has 2 N–H and O–H groups in total. The number of ether oxygens (including phenoxy) is 2. The molecule has 19 heavy (non-hydrogen) atoms. The van der Waals surface area contributed by atoms with Crippen molar-refractivity contribution in [3.8, 4) is 11.5 Å². The van der Waals surface area contributed by atoms with Crippen molar-refractivity contribution in [1.29, 1.82) is 0 Å². The largest absolute Gasteiger partial charge is 0.497 e. The van der Waals surface area contributed by atoms with Gasteiger partial charge in [-0.2, -0.15) is 0 Å². The van der Waals surface area contributed by atoms with Gasteiger partial charge in [-0.3, -0.25) is 0 Å². The standard InChI is InChI=1S/C16H25NO2/c1-18-14-7-9-15(10-8-14)19-12-11-13-5-3-2-4-6-16(13)17/h7-10,13,16H,2-6,11-12,17H2,1H3. The van der Waals surface area contributed by atoms with Gasteiger partial charge in [-0.1, -0.05) is 19.3 Å². The Hall–Kier alpha value is -1.22. The van der Waals surface area contributed by atoms with Gasteiger partial charge < -0.3 is 15.2 Å². The van der Waals surface area contributed by atoms with Gasteiger partial charge in [-0.25, -0.2) is 0 Å². The van der Waals surface area contributed by atoms with E-state index in [9.17, 15) is 0 Å². The van der Waals surface area contributed by atoms with Crippen molar-refractivity contribution in [3.63, 3.8) is 0 Å². The predicted molar refractivity (Wildman–Crippen MR) is 77.7 cm³/mol. The molecule has 0 aromatic heterocycles. The maximum atomic E-state index is 6.22. The summed E-state index contributed by atoms with van der Waals surface area (Å²) >= 11 is 0. The van der Waals surface area contributed by atoms with Crippen molar-refractivity contribution in [2.45, 2.75) is 44.6 Å². The lowest BCUT2D eigenvalue weighted by molar-refractivity contribution is 0.254. The van der Waals surface area contributed by atoms with Gasteiger partial charge in [0.05, 0.1) is 13.7 Å². The molecule has 1 saturated carbocycles. The molecule has 0 radical (unpaired) electrons. The third-order valence-corrected chi connectivity index (χ3v) is 4.03. The van der Waals surface area contributed by atoms with E-state index in [1.807, 2.05) is 24.3 Å². The average molecular weight is 263 g/mol. The molecular weight excluding hydrogens is 238 g/mol. The van der Waals surface area contributed by atoms with E-state index < -0.39 is 0 Å². The topological polar surface area (TPSA) is 44.5 Å². The van der Waals surface area contributed by atoms with Gasteiger partial charge in [-0.05, 0) is 49.4 Å². The van der Waals surface area contributed by atoms with Crippen LogP contribution in [0.2, 0.25) is 0 Å². The Labute approximate surface area is 116 Å². The highest BCUT2D eigenvalue weighted by Gasteiger charge is 2.20. The van der Waals surface area contributed by atoms with E-state index in [-0.39, 0.29) is 0 Å². The molecule has 2 unspecified atom stereocenters. The number of hydrogen-bond donors (Lipinski definition) is 1. The molecule has 0 amide bonds. The summed E-state index contributed by atoms with van der Waals surface area (Å²) in [4.78, 5) is 0. The fourth-order valence-electron chi connectivity index (χ4n) is 2.77. The normalized spacial score (nSPS) is 23.7. The first-order valence-corrected chi connectivity index (χ1v) is 7.32. The maximum Gasteiger partial charge on any atom is 0.119 e. The summed E-state index contributed by atoms with van der Waals surface area (Å²) in [6.07, 6.45) is 7.44. The van der Waals surface area contributed by atoms with Crippen LogP contribution in [0.3, 0.4) is 0 Å². The number of hydrogen-bond acceptors (Lipinski definition) is 3. The van der Waals surface area contributed by atoms with Crippen LogP contribution in [0, 0.1) is 5.92 Å². The first kappa shape index (κ1) is 14.2. The molecule has 1 aliphatic carbocycles. The van der Waals surface area contributed by atoms with Crippen LogP contribution in [0.15, 0.2) is 24.3 Å². The molecule has 1 aliphatic rings. The fourth-order valence-corrected chi connectivity index (χ4v) is 2.77. The van der Waals surface area contributed by atoms with Crippen molar-refractivity contribution in [2.24, 2.45) is 11.7 Å². The zero-order valence-electron chi connectivity index (χ0n) is 11.8. The monoisotopic (exact) mass is 263 g/mol. The Balaban J connectivity index is 1.75. The molecule has 0 bridgehead atoms. The molecule has 0 aliphatic heterocycles. The van der Waals surface area contributed by atoms with Crippen molar-refractivity contribution in [1.82, 2.24) is 0 Å². The van der Waals surface area contributed by atoms with Crippen LogP contribution in [0.4, 0.5) is 0 Å². The minimum absolute atomic E-state index is 0.363. The third kappa shape index (κ3) is 4.43. The van der Waals surface area contributed by atoms with E-state index in [0.717, 1.165) is 24.5 Å². The molecule has 2 atom stereocenters. The van der Waals surface area contributed by atoms with E-state index in [1.54, 1.807) is 7.11 Å². The highest BCUT2D eigenvalue weighted by Crippen LogP contribution is 2.25. The smallest absolute Gasteiger partial charge is 0.119 e. The molecule has 3 nitrogen and oxygen atoms in total. The molecule has 106 valence electrons. The van der Waals surface area contributed by atoms with Crippen LogP contribution in [-0.4, -0.2) is 19.8 Å². The average Bonchev–Trinajstić information content (AvgIpc) is 2.65. The minimum Gasteiger partial charge on any atom is -0.497 e. The van der Waals surface area contributed by atoms with Crippen LogP contribution in [0.25, 0.3) is 0 Å². The second-order valence-corrected chi connectivity index (χ2v) is 5.37. The second kappa shape index (κ2) is 7.39. The molecule has 3 heteroatoms. The summed E-state index contributed by atoms with van der Waals surface area (Å²) in [5, 5.41) is 0. The van der Waals surface area contributed by atoms with Crippen LogP contribution in [0.5, 0.6) is 11.5 Å². The molecule has 0 spiro atoms. The summed E-state index contributed by atoms with van der Waals surface area (Å²) in [5.74, 6) is 2.39. The van der Waals surface area contributed by atoms with Crippen molar-refractivity contribution in [3.05, 3.63) is 24.3 Å². The summed E-state index contributed by atoms with van der Waals surface area (Å²) in [6, 6.07) is 8.11. The number of rotatable bonds is 5. The maximum absolute atomic E-state index is 6.22. The van der Waals surface area contributed by atoms with Gasteiger partial charge in [0.2, 0.25) is 0 Å². The van der Waals surface area contributed by atoms with Crippen LogP contribution >= 0.6 is 0 Å². The first-order valence-electron chi connectivity index (χ1n) is 7.32. The number of benzene rings is 1. The van der Waals surface area contributed by atoms with Gasteiger partial charge in [0.1, 0.15) is 11.5 Å². The van der Waals surface area contributed by atoms with E-state index in [0.29, 0.717) is 12.0 Å². The fraction of sp³-hybridized carbons (Fsp3) is 0.625. The Morgan fingerprint density at radius 2 is 1.74 bits per heavy atom. The Morgan fingerprint density at radius 3 is 2.47 bits per heavy atom. The van der Waals surface area contributed by atoms with E-state index in [4.69, 9.17) is 15.2 Å². The van der Waals surface area contributed by atoms with Crippen LogP contribution in [-0.2, 0) is 0 Å². The molecule has 1 fully saturated rings. The molecule has 0 saturated heterocycles. The molecule has 2 rings (SSSR count). The van der Waals surface area contributed by atoms with Crippen molar-refractivity contribution in [2.75, 3.05) is 13.7 Å². The lowest BCUT2D eigenvalue weighted by Gasteiger charge is -2.21. The third-order valence-electron chi connectivity index (χ3n) is 4.03. The quantitative estimate of drug-likeness (QED) is 0.828. The lowest BCUT2D eigenvalue weighted by atomic mass is 9.93. The molecule has 1 aromatic rings. The minimum atomic E-state index is 0.363.